The molecule has 1 atom stereocenters. The van der Waals surface area contributed by atoms with Gasteiger partial charge in [-0.2, -0.15) is 0 Å². The van der Waals surface area contributed by atoms with Crippen molar-refractivity contribution in [2.45, 2.75) is 12.5 Å². The summed E-state index contributed by atoms with van der Waals surface area (Å²) in [5.41, 5.74) is 2.49. The van der Waals surface area contributed by atoms with Gasteiger partial charge in [-0.25, -0.2) is 14.4 Å². The molecule has 0 amide bonds. The van der Waals surface area contributed by atoms with Crippen molar-refractivity contribution in [3.63, 3.8) is 0 Å². The highest BCUT2D eigenvalue weighted by Gasteiger charge is 2.25. The Morgan fingerprint density at radius 3 is 2.80 bits per heavy atom. The van der Waals surface area contributed by atoms with Crippen molar-refractivity contribution >= 4 is 16.7 Å². The molecule has 1 aromatic heterocycles. The van der Waals surface area contributed by atoms with E-state index in [4.69, 9.17) is 19.4 Å². The Morgan fingerprint density at radius 2 is 1.90 bits per heavy atom. The molecule has 0 spiro atoms. The number of halogens is 1. The van der Waals surface area contributed by atoms with E-state index in [1.165, 1.54) is 6.07 Å². The first kappa shape index (κ1) is 18.4. The molecule has 150 valence electrons. The Hall–Kier alpha value is -3.67. The van der Waals surface area contributed by atoms with Gasteiger partial charge in [0.2, 0.25) is 0 Å². The van der Waals surface area contributed by atoms with Crippen LogP contribution in [0, 0.1) is 5.82 Å². The van der Waals surface area contributed by atoms with E-state index in [9.17, 15) is 4.39 Å². The largest absolute Gasteiger partial charge is 0.497 e. The minimum Gasteiger partial charge on any atom is -0.497 e. The van der Waals surface area contributed by atoms with Crippen molar-refractivity contribution in [1.82, 2.24) is 9.97 Å². The van der Waals surface area contributed by atoms with Gasteiger partial charge in [0, 0.05) is 22.9 Å². The summed E-state index contributed by atoms with van der Waals surface area (Å²) in [4.78, 5) is 9.57. The fraction of sp³-hybridized carbons (Fsp3) is 0.167. The van der Waals surface area contributed by atoms with Gasteiger partial charge in [0.15, 0.2) is 17.4 Å². The second kappa shape index (κ2) is 7.63. The molecule has 3 aromatic carbocycles. The van der Waals surface area contributed by atoms with Gasteiger partial charge in [-0.1, -0.05) is 36.4 Å². The lowest BCUT2D eigenvalue weighted by atomic mass is 10.00. The Balaban J connectivity index is 1.60. The lowest BCUT2D eigenvalue weighted by Gasteiger charge is -2.27. The van der Waals surface area contributed by atoms with E-state index in [2.05, 4.69) is 5.32 Å². The number of hydrogen-bond acceptors (Lipinski definition) is 5. The zero-order valence-corrected chi connectivity index (χ0v) is 16.4. The second-order valence-corrected chi connectivity index (χ2v) is 7.14. The van der Waals surface area contributed by atoms with Gasteiger partial charge < -0.3 is 14.8 Å². The number of nitrogens with zero attached hydrogens (tertiary/aromatic N) is 2. The van der Waals surface area contributed by atoms with E-state index >= 15 is 0 Å². The third-order valence-corrected chi connectivity index (χ3v) is 5.27. The van der Waals surface area contributed by atoms with Crippen molar-refractivity contribution in [1.29, 1.82) is 0 Å². The van der Waals surface area contributed by atoms with Crippen molar-refractivity contribution in [2.75, 3.05) is 19.0 Å². The summed E-state index contributed by atoms with van der Waals surface area (Å²) >= 11 is 0. The lowest BCUT2D eigenvalue weighted by molar-refractivity contribution is 0.260. The van der Waals surface area contributed by atoms with Gasteiger partial charge in [-0.15, -0.1) is 0 Å². The first-order valence-electron chi connectivity index (χ1n) is 9.82. The maximum Gasteiger partial charge on any atom is 0.165 e. The first-order valence-corrected chi connectivity index (χ1v) is 9.82. The second-order valence-electron chi connectivity index (χ2n) is 7.14. The number of aromatic nitrogens is 2. The predicted octanol–water partition coefficient (Wildman–Crippen LogP) is 5.38. The average molecular weight is 401 g/mol. The molecule has 0 bridgehead atoms. The van der Waals surface area contributed by atoms with Crippen molar-refractivity contribution in [3.05, 3.63) is 78.1 Å². The average Bonchev–Trinajstić information content (AvgIpc) is 2.80. The van der Waals surface area contributed by atoms with Gasteiger partial charge in [0.1, 0.15) is 11.6 Å². The third-order valence-electron chi connectivity index (χ3n) is 5.27. The highest BCUT2D eigenvalue weighted by molar-refractivity contribution is 5.90. The molecule has 1 aliphatic heterocycles. The molecule has 5 rings (SSSR count). The molecular weight excluding hydrogens is 381 g/mol. The molecule has 0 radical (unpaired) electrons. The molecule has 30 heavy (non-hydrogen) atoms. The molecule has 0 fully saturated rings. The standard InChI is InChI=1S/C24H20FN3O2/c1-29-16-7-4-6-15(14-16)23-26-20-11-3-2-8-18(20)24(28-23)27-21-12-13-30-22-17(21)9-5-10-19(22)25/h2-11,14,21H,12-13H2,1H3,(H,26,27,28)/t21-/m0/s1. The van der Waals surface area contributed by atoms with Crippen molar-refractivity contribution in [2.24, 2.45) is 0 Å². The zero-order chi connectivity index (χ0) is 20.5. The fourth-order valence-electron chi connectivity index (χ4n) is 3.78. The first-order chi connectivity index (χ1) is 14.7. The molecule has 4 aromatic rings. The highest BCUT2D eigenvalue weighted by Crippen LogP contribution is 2.37. The van der Waals surface area contributed by atoms with E-state index in [1.54, 1.807) is 13.2 Å². The lowest BCUT2D eigenvalue weighted by Crippen LogP contribution is -2.22. The number of fused-ring (bicyclic) bond motifs is 2. The summed E-state index contributed by atoms with van der Waals surface area (Å²) in [5, 5.41) is 4.43. The van der Waals surface area contributed by atoms with E-state index < -0.39 is 0 Å². The number of anilines is 1. The molecule has 0 aliphatic carbocycles. The normalized spacial score (nSPS) is 15.3. The Bertz CT molecular complexity index is 1230. The van der Waals surface area contributed by atoms with Gasteiger partial charge in [0.05, 0.1) is 25.3 Å². The number of methoxy groups -OCH3 is 1. The van der Waals surface area contributed by atoms with Gasteiger partial charge in [-0.3, -0.25) is 0 Å². The van der Waals surface area contributed by atoms with Crippen LogP contribution in [0.25, 0.3) is 22.3 Å². The van der Waals surface area contributed by atoms with Crippen LogP contribution in [0.5, 0.6) is 11.5 Å². The Morgan fingerprint density at radius 1 is 1.03 bits per heavy atom. The minimum absolute atomic E-state index is 0.110. The summed E-state index contributed by atoms with van der Waals surface area (Å²) in [5.74, 6) is 2.02. The van der Waals surface area contributed by atoms with Crippen molar-refractivity contribution < 1.29 is 13.9 Å². The zero-order valence-electron chi connectivity index (χ0n) is 16.4. The van der Waals surface area contributed by atoms with Crippen LogP contribution in [-0.2, 0) is 0 Å². The number of ether oxygens (including phenoxy) is 2. The van der Waals surface area contributed by atoms with E-state index in [1.807, 2.05) is 54.6 Å². The van der Waals surface area contributed by atoms with E-state index in [-0.39, 0.29) is 11.9 Å². The van der Waals surface area contributed by atoms with Crippen LogP contribution in [0.15, 0.2) is 66.7 Å². The van der Waals surface area contributed by atoms with Crippen LogP contribution >= 0.6 is 0 Å². The third kappa shape index (κ3) is 3.30. The summed E-state index contributed by atoms with van der Waals surface area (Å²) in [6, 6.07) is 20.4. The Kier molecular flexibility index (Phi) is 4.67. The maximum absolute atomic E-state index is 14.2. The van der Waals surface area contributed by atoms with Crippen LogP contribution in [0.3, 0.4) is 0 Å². The van der Waals surface area contributed by atoms with Gasteiger partial charge >= 0.3 is 0 Å². The summed E-state index contributed by atoms with van der Waals surface area (Å²) in [6.07, 6.45) is 0.712. The minimum atomic E-state index is -0.344. The van der Waals surface area contributed by atoms with Crippen LogP contribution in [-0.4, -0.2) is 23.7 Å². The van der Waals surface area contributed by atoms with Gasteiger partial charge in [0.25, 0.3) is 0 Å². The maximum atomic E-state index is 14.2. The van der Waals surface area contributed by atoms with Crippen LogP contribution in [0.2, 0.25) is 0 Å². The highest BCUT2D eigenvalue weighted by atomic mass is 19.1. The predicted molar refractivity (Wildman–Crippen MR) is 114 cm³/mol. The molecule has 0 saturated carbocycles. The fourth-order valence-corrected chi connectivity index (χ4v) is 3.78. The summed E-state index contributed by atoms with van der Waals surface area (Å²) in [7, 11) is 1.63. The van der Waals surface area contributed by atoms with Gasteiger partial charge in [-0.05, 0) is 30.3 Å². The quantitative estimate of drug-likeness (QED) is 0.498. The molecular formula is C24H20FN3O2. The summed E-state index contributed by atoms with van der Waals surface area (Å²) < 4.78 is 25.1. The number of rotatable bonds is 4. The van der Waals surface area contributed by atoms with Crippen molar-refractivity contribution in [3.8, 4) is 22.9 Å². The number of benzene rings is 3. The monoisotopic (exact) mass is 401 g/mol. The topological polar surface area (TPSA) is 56.3 Å². The summed E-state index contributed by atoms with van der Waals surface area (Å²) in [6.45, 7) is 0.442. The smallest absolute Gasteiger partial charge is 0.165 e. The SMILES string of the molecule is COc1cccc(-c2nc(N[C@H]3CCOc4c(F)cccc43)c3ccccc3n2)c1. The Labute approximate surface area is 173 Å². The molecule has 6 heteroatoms. The van der Waals surface area contributed by atoms with E-state index in [0.717, 1.165) is 27.8 Å². The molecule has 1 N–H and O–H groups in total. The van der Waals surface area contributed by atoms with Crippen LogP contribution < -0.4 is 14.8 Å². The number of hydrogen-bond donors (Lipinski definition) is 1. The van der Waals surface area contributed by atoms with Crippen LogP contribution in [0.4, 0.5) is 10.2 Å². The molecule has 5 nitrogen and oxygen atoms in total. The molecule has 2 heterocycles. The van der Waals surface area contributed by atoms with E-state index in [0.29, 0.717) is 30.4 Å². The molecule has 1 aliphatic rings. The molecule has 0 unspecified atom stereocenters. The molecule has 0 saturated heterocycles. The number of para-hydroxylation sites is 2. The van der Waals surface area contributed by atoms with Crippen LogP contribution in [0.1, 0.15) is 18.0 Å². The number of nitrogens with one attached hydrogen (secondary N) is 1.